The zero-order chi connectivity index (χ0) is 24.7. The lowest BCUT2D eigenvalue weighted by molar-refractivity contribution is -0.119. The summed E-state index contributed by atoms with van der Waals surface area (Å²) in [6.07, 6.45) is 4.49. The van der Waals surface area contributed by atoms with Crippen molar-refractivity contribution in [3.63, 3.8) is 0 Å². The Morgan fingerprint density at radius 3 is 2.65 bits per heavy atom. The van der Waals surface area contributed by atoms with Crippen molar-refractivity contribution in [3.8, 4) is 17.0 Å². The van der Waals surface area contributed by atoms with E-state index in [1.165, 1.54) is 24.7 Å². The predicted molar refractivity (Wildman–Crippen MR) is 140 cm³/mol. The van der Waals surface area contributed by atoms with E-state index in [1.54, 1.807) is 17.9 Å². The van der Waals surface area contributed by atoms with Crippen LogP contribution in [0.5, 0.6) is 5.75 Å². The van der Waals surface area contributed by atoms with Gasteiger partial charge in [-0.3, -0.25) is 9.78 Å². The third-order valence-corrected chi connectivity index (χ3v) is 6.09. The minimum absolute atomic E-state index is 0.131. The first-order chi connectivity index (χ1) is 16.3. The molecule has 1 aromatic carbocycles. The highest BCUT2D eigenvalue weighted by molar-refractivity contribution is 7.14. The smallest absolute Gasteiger partial charge is 0.217 e. The SMILES string of the molecule is CC(=O)NCc1cncc(Cl)c1COc1cccc2c(-c3ncsc3Cl)cc(C)nc12.CCC. The summed E-state index contributed by atoms with van der Waals surface area (Å²) in [5.74, 6) is 0.487. The molecule has 0 aliphatic rings. The summed E-state index contributed by atoms with van der Waals surface area (Å²) in [6.45, 7) is 8.16. The summed E-state index contributed by atoms with van der Waals surface area (Å²) in [4.78, 5) is 24.5. The molecule has 1 amide bonds. The number of ether oxygens (including phenoxy) is 1. The summed E-state index contributed by atoms with van der Waals surface area (Å²) in [7, 11) is 0. The summed E-state index contributed by atoms with van der Waals surface area (Å²) in [5.41, 5.74) is 6.47. The minimum atomic E-state index is -0.131. The molecule has 0 unspecified atom stereocenters. The van der Waals surface area contributed by atoms with E-state index in [0.717, 1.165) is 39.0 Å². The maximum absolute atomic E-state index is 11.3. The van der Waals surface area contributed by atoms with Gasteiger partial charge >= 0.3 is 0 Å². The largest absolute Gasteiger partial charge is 0.487 e. The van der Waals surface area contributed by atoms with Crippen LogP contribution >= 0.6 is 34.5 Å². The number of rotatable bonds is 6. The Labute approximate surface area is 213 Å². The lowest BCUT2D eigenvalue weighted by atomic mass is 10.0. The van der Waals surface area contributed by atoms with Crippen LogP contribution in [0.2, 0.25) is 9.36 Å². The van der Waals surface area contributed by atoms with Crippen molar-refractivity contribution in [3.05, 3.63) is 68.3 Å². The van der Waals surface area contributed by atoms with Gasteiger partial charge in [-0.15, -0.1) is 11.3 Å². The Morgan fingerprint density at radius 2 is 1.97 bits per heavy atom. The van der Waals surface area contributed by atoms with Gasteiger partial charge in [0.1, 0.15) is 27.9 Å². The first-order valence-electron chi connectivity index (χ1n) is 10.8. The molecule has 0 radical (unpaired) electrons. The fraction of sp³-hybridized carbons (Fsp3) is 0.280. The van der Waals surface area contributed by atoms with E-state index >= 15 is 0 Å². The highest BCUT2D eigenvalue weighted by Crippen LogP contribution is 2.37. The standard InChI is InChI=1S/C22H18Cl2N4O2S.C3H8/c1-12-6-16(21-22(24)31-11-27-21)15-4-3-5-19(20(15)28-12)30-10-17-14(8-26-13(2)29)7-25-9-18(17)23;1-3-2/h3-7,9,11H,8,10H2,1-2H3,(H,26,29);3H2,1-2H3. The van der Waals surface area contributed by atoms with Crippen molar-refractivity contribution >= 4 is 51.3 Å². The quantitative estimate of drug-likeness (QED) is 0.298. The number of carbonyl (C=O) groups is 1. The van der Waals surface area contributed by atoms with Gasteiger partial charge < -0.3 is 10.1 Å². The Morgan fingerprint density at radius 1 is 1.21 bits per heavy atom. The topological polar surface area (TPSA) is 77.0 Å². The molecule has 3 heterocycles. The number of aryl methyl sites for hydroxylation is 1. The molecule has 34 heavy (non-hydrogen) atoms. The molecule has 0 aliphatic heterocycles. The average Bonchev–Trinajstić information content (AvgIpc) is 3.22. The third-order valence-electron chi connectivity index (χ3n) is 4.70. The number of amides is 1. The highest BCUT2D eigenvalue weighted by atomic mass is 35.5. The van der Waals surface area contributed by atoms with E-state index in [-0.39, 0.29) is 12.5 Å². The molecular weight excluding hydrogens is 491 g/mol. The maximum atomic E-state index is 11.3. The Balaban J connectivity index is 0.00000103. The molecular formula is C25H26Cl2N4O2S. The molecule has 0 aliphatic carbocycles. The minimum Gasteiger partial charge on any atom is -0.487 e. The number of benzene rings is 1. The fourth-order valence-corrected chi connectivity index (χ4v) is 4.28. The third kappa shape index (κ3) is 6.23. The second kappa shape index (κ2) is 12.1. The van der Waals surface area contributed by atoms with Crippen LogP contribution < -0.4 is 10.1 Å². The number of hydrogen-bond acceptors (Lipinski definition) is 6. The average molecular weight is 517 g/mol. The Kier molecular flexibility index (Phi) is 9.21. The van der Waals surface area contributed by atoms with Crippen LogP contribution in [-0.2, 0) is 17.9 Å². The number of fused-ring (bicyclic) bond motifs is 1. The second-order valence-electron chi connectivity index (χ2n) is 7.60. The molecule has 9 heteroatoms. The van der Waals surface area contributed by atoms with Crippen molar-refractivity contribution in [2.75, 3.05) is 0 Å². The molecule has 4 aromatic rings. The molecule has 0 saturated heterocycles. The van der Waals surface area contributed by atoms with Gasteiger partial charge in [-0.25, -0.2) is 9.97 Å². The van der Waals surface area contributed by atoms with Gasteiger partial charge in [-0.2, -0.15) is 0 Å². The fourth-order valence-electron chi connectivity index (χ4n) is 3.26. The van der Waals surface area contributed by atoms with E-state index in [9.17, 15) is 4.79 Å². The van der Waals surface area contributed by atoms with E-state index < -0.39 is 0 Å². The zero-order valence-corrected chi connectivity index (χ0v) is 21.8. The summed E-state index contributed by atoms with van der Waals surface area (Å²) < 4.78 is 6.78. The number of thiazole rings is 1. The number of nitrogens with one attached hydrogen (secondary N) is 1. The van der Waals surface area contributed by atoms with E-state index in [2.05, 4.69) is 29.1 Å². The molecule has 4 rings (SSSR count). The first kappa shape index (κ1) is 25.9. The molecule has 0 bridgehead atoms. The van der Waals surface area contributed by atoms with E-state index in [0.29, 0.717) is 21.7 Å². The van der Waals surface area contributed by atoms with Gasteiger partial charge in [0.05, 0.1) is 10.5 Å². The molecule has 1 N–H and O–H groups in total. The molecule has 0 atom stereocenters. The molecule has 0 fully saturated rings. The number of halogens is 2. The number of nitrogens with zero attached hydrogens (tertiary/aromatic N) is 3. The summed E-state index contributed by atoms with van der Waals surface area (Å²) in [5, 5.41) is 4.14. The van der Waals surface area contributed by atoms with Crippen LogP contribution in [0.25, 0.3) is 22.2 Å². The van der Waals surface area contributed by atoms with Crippen LogP contribution in [0.1, 0.15) is 44.0 Å². The van der Waals surface area contributed by atoms with Crippen LogP contribution in [0.4, 0.5) is 0 Å². The maximum Gasteiger partial charge on any atom is 0.217 e. The Bertz CT molecular complexity index is 1290. The first-order valence-corrected chi connectivity index (χ1v) is 12.5. The molecule has 6 nitrogen and oxygen atoms in total. The molecule has 3 aromatic heterocycles. The normalized spacial score (nSPS) is 10.5. The zero-order valence-electron chi connectivity index (χ0n) is 19.5. The van der Waals surface area contributed by atoms with Gasteiger partial charge in [0.25, 0.3) is 0 Å². The number of aromatic nitrogens is 3. The summed E-state index contributed by atoms with van der Waals surface area (Å²) in [6, 6.07) is 7.72. The monoisotopic (exact) mass is 516 g/mol. The molecule has 0 spiro atoms. The lowest BCUT2D eigenvalue weighted by Crippen LogP contribution is -2.20. The number of pyridine rings is 2. The Hall–Kier alpha value is -2.74. The summed E-state index contributed by atoms with van der Waals surface area (Å²) >= 11 is 14.1. The number of para-hydroxylation sites is 1. The van der Waals surface area contributed by atoms with E-state index in [1.807, 2.05) is 31.2 Å². The van der Waals surface area contributed by atoms with Crippen LogP contribution in [-0.4, -0.2) is 20.9 Å². The van der Waals surface area contributed by atoms with Gasteiger partial charge in [-0.1, -0.05) is 55.6 Å². The van der Waals surface area contributed by atoms with Crippen LogP contribution in [0, 0.1) is 6.92 Å². The van der Waals surface area contributed by atoms with Crippen LogP contribution in [0.15, 0.2) is 42.2 Å². The van der Waals surface area contributed by atoms with Crippen molar-refractivity contribution in [1.82, 2.24) is 20.3 Å². The predicted octanol–water partition coefficient (Wildman–Crippen LogP) is 7.00. The van der Waals surface area contributed by atoms with Crippen molar-refractivity contribution < 1.29 is 9.53 Å². The molecule has 178 valence electrons. The number of hydrogen-bond donors (Lipinski definition) is 1. The van der Waals surface area contributed by atoms with Gasteiger partial charge in [0.2, 0.25) is 5.91 Å². The molecule has 0 saturated carbocycles. The van der Waals surface area contributed by atoms with Gasteiger partial charge in [0, 0.05) is 48.1 Å². The highest BCUT2D eigenvalue weighted by Gasteiger charge is 2.16. The van der Waals surface area contributed by atoms with Gasteiger partial charge in [-0.05, 0) is 24.6 Å². The van der Waals surface area contributed by atoms with E-state index in [4.69, 9.17) is 32.9 Å². The lowest BCUT2D eigenvalue weighted by Gasteiger charge is -2.15. The second-order valence-corrected chi connectivity index (χ2v) is 9.47. The van der Waals surface area contributed by atoms with Gasteiger partial charge in [0.15, 0.2) is 0 Å². The van der Waals surface area contributed by atoms with Crippen LogP contribution in [0.3, 0.4) is 0 Å². The number of carbonyl (C=O) groups excluding carboxylic acids is 1. The van der Waals surface area contributed by atoms with Crippen molar-refractivity contribution in [1.29, 1.82) is 0 Å². The van der Waals surface area contributed by atoms with Crippen molar-refractivity contribution in [2.45, 2.75) is 47.3 Å². The van der Waals surface area contributed by atoms with Crippen molar-refractivity contribution in [2.24, 2.45) is 0 Å².